The zero-order valence-electron chi connectivity index (χ0n) is 19.8. The summed E-state index contributed by atoms with van der Waals surface area (Å²) in [6.07, 6.45) is 0.857. The van der Waals surface area contributed by atoms with Gasteiger partial charge in [-0.05, 0) is 51.8 Å². The molecule has 1 aromatic heterocycles. The van der Waals surface area contributed by atoms with Crippen molar-refractivity contribution < 1.29 is 14.1 Å². The lowest BCUT2D eigenvalue weighted by Crippen LogP contribution is -2.46. The number of allylic oxidation sites excluding steroid dienone is 1. The maximum atomic E-state index is 13.1. The van der Waals surface area contributed by atoms with E-state index in [-0.39, 0.29) is 12.1 Å². The maximum Gasteiger partial charge on any atom is 0.322 e. The quantitative estimate of drug-likeness (QED) is 0.399. The van der Waals surface area contributed by atoms with Crippen LogP contribution < -0.4 is 5.32 Å². The van der Waals surface area contributed by atoms with Crippen molar-refractivity contribution in [2.75, 3.05) is 13.2 Å². The molecule has 0 spiro atoms. The summed E-state index contributed by atoms with van der Waals surface area (Å²) in [5.74, 6) is 0.871. The van der Waals surface area contributed by atoms with Gasteiger partial charge in [0.05, 0.1) is 17.7 Å². The second-order valence-corrected chi connectivity index (χ2v) is 9.08. The number of halogens is 1. The Morgan fingerprint density at radius 3 is 2.50 bits per heavy atom. The molecular formula is C26H29ClN4O3. The van der Waals surface area contributed by atoms with E-state index in [1.54, 1.807) is 17.0 Å². The molecule has 0 saturated carbocycles. The minimum atomic E-state index is -0.445. The molecule has 3 aromatic rings. The number of benzene rings is 2. The number of nitrogens with one attached hydrogen (secondary N) is 1. The number of aryl methyl sites for hydroxylation is 1. The number of hydrogen-bond acceptors (Lipinski definition) is 5. The molecule has 2 amide bonds. The molecule has 8 heteroatoms. The van der Waals surface area contributed by atoms with Crippen LogP contribution in [0.15, 0.2) is 58.8 Å². The van der Waals surface area contributed by atoms with Crippen molar-refractivity contribution in [2.45, 2.75) is 46.3 Å². The SMILES string of the molecule is CC1=C(c2nc(-c3ccc(C)cc3)no2)C(c2ccc(Cl)cc2)NC(=O)N1CCCOC(C)C. The van der Waals surface area contributed by atoms with Crippen LogP contribution in [0, 0.1) is 6.92 Å². The number of ether oxygens (including phenoxy) is 1. The molecule has 0 saturated heterocycles. The van der Waals surface area contributed by atoms with Crippen LogP contribution in [0.1, 0.15) is 50.3 Å². The smallest absolute Gasteiger partial charge is 0.322 e. The van der Waals surface area contributed by atoms with Crippen molar-refractivity contribution >= 4 is 23.2 Å². The Labute approximate surface area is 204 Å². The van der Waals surface area contributed by atoms with E-state index in [0.29, 0.717) is 36.3 Å². The van der Waals surface area contributed by atoms with E-state index < -0.39 is 6.04 Å². The van der Waals surface area contributed by atoms with Gasteiger partial charge in [-0.25, -0.2) is 4.79 Å². The number of nitrogens with zero attached hydrogens (tertiary/aromatic N) is 3. The number of amides is 2. The molecule has 1 unspecified atom stereocenters. The minimum Gasteiger partial charge on any atom is -0.379 e. The van der Waals surface area contributed by atoms with Gasteiger partial charge < -0.3 is 14.6 Å². The molecule has 34 heavy (non-hydrogen) atoms. The molecule has 1 aliphatic heterocycles. The van der Waals surface area contributed by atoms with Gasteiger partial charge in [0.2, 0.25) is 5.82 Å². The van der Waals surface area contributed by atoms with E-state index >= 15 is 0 Å². The highest BCUT2D eigenvalue weighted by Crippen LogP contribution is 2.37. The Bertz CT molecular complexity index is 1170. The van der Waals surface area contributed by atoms with Crippen LogP contribution >= 0.6 is 11.6 Å². The standard InChI is InChI=1S/C26H29ClN4O3/c1-16(2)33-15-5-14-31-18(4)22(23(28-26(31)32)19-10-12-21(27)13-11-19)25-29-24(30-34-25)20-8-6-17(3)7-9-20/h6-13,16,23H,5,14-15H2,1-4H3,(H,28,32). The van der Waals surface area contributed by atoms with Crippen LogP contribution in [0.3, 0.4) is 0 Å². The third-order valence-corrected chi connectivity index (χ3v) is 6.00. The summed E-state index contributed by atoms with van der Waals surface area (Å²) < 4.78 is 11.4. The molecule has 0 fully saturated rings. The summed E-state index contributed by atoms with van der Waals surface area (Å²) in [5.41, 5.74) is 4.43. The van der Waals surface area contributed by atoms with Crippen molar-refractivity contribution in [1.82, 2.24) is 20.4 Å². The second-order valence-electron chi connectivity index (χ2n) is 8.65. The van der Waals surface area contributed by atoms with Crippen molar-refractivity contribution in [1.29, 1.82) is 0 Å². The van der Waals surface area contributed by atoms with Gasteiger partial charge in [-0.2, -0.15) is 4.98 Å². The average Bonchev–Trinajstić information content (AvgIpc) is 3.28. The van der Waals surface area contributed by atoms with Gasteiger partial charge in [-0.1, -0.05) is 58.7 Å². The predicted molar refractivity (Wildman–Crippen MR) is 132 cm³/mol. The highest BCUT2D eigenvalue weighted by atomic mass is 35.5. The van der Waals surface area contributed by atoms with Crippen molar-refractivity contribution in [3.05, 3.63) is 76.3 Å². The Kier molecular flexibility index (Phi) is 7.34. The fourth-order valence-corrected chi connectivity index (χ4v) is 4.05. The fourth-order valence-electron chi connectivity index (χ4n) is 3.93. The monoisotopic (exact) mass is 480 g/mol. The Hall–Kier alpha value is -3.16. The van der Waals surface area contributed by atoms with E-state index in [1.165, 1.54) is 0 Å². The first kappa shape index (κ1) is 24.0. The highest BCUT2D eigenvalue weighted by Gasteiger charge is 2.35. The highest BCUT2D eigenvalue weighted by molar-refractivity contribution is 6.30. The van der Waals surface area contributed by atoms with Gasteiger partial charge in [-0.15, -0.1) is 0 Å². The molecule has 1 N–H and O–H groups in total. The normalized spacial score (nSPS) is 16.4. The van der Waals surface area contributed by atoms with Crippen molar-refractivity contribution in [3.8, 4) is 11.4 Å². The van der Waals surface area contributed by atoms with E-state index in [1.807, 2.05) is 64.1 Å². The number of rotatable bonds is 8. The van der Waals surface area contributed by atoms with Gasteiger partial charge in [0.15, 0.2) is 0 Å². The van der Waals surface area contributed by atoms with Gasteiger partial charge >= 0.3 is 6.03 Å². The lowest BCUT2D eigenvalue weighted by Gasteiger charge is -2.35. The Morgan fingerprint density at radius 2 is 1.82 bits per heavy atom. The first-order chi connectivity index (χ1) is 16.3. The topological polar surface area (TPSA) is 80.5 Å². The van der Waals surface area contributed by atoms with Crippen LogP contribution in [0.2, 0.25) is 5.02 Å². The summed E-state index contributed by atoms with van der Waals surface area (Å²) in [6.45, 7) is 9.02. The van der Waals surface area contributed by atoms with E-state index in [2.05, 4.69) is 10.5 Å². The molecule has 178 valence electrons. The summed E-state index contributed by atoms with van der Waals surface area (Å²) >= 11 is 6.10. The molecule has 2 aromatic carbocycles. The third kappa shape index (κ3) is 5.32. The van der Waals surface area contributed by atoms with Crippen molar-refractivity contribution in [3.63, 3.8) is 0 Å². The Morgan fingerprint density at radius 1 is 1.12 bits per heavy atom. The summed E-state index contributed by atoms with van der Waals surface area (Å²) in [5, 5.41) is 7.94. The number of carbonyl (C=O) groups excluding carboxylic acids is 1. The fraction of sp³-hybridized carbons (Fsp3) is 0.346. The summed E-state index contributed by atoms with van der Waals surface area (Å²) in [7, 11) is 0. The second kappa shape index (κ2) is 10.4. The number of carbonyl (C=O) groups is 1. The molecule has 0 bridgehead atoms. The number of aromatic nitrogens is 2. The Balaban J connectivity index is 1.70. The first-order valence-electron chi connectivity index (χ1n) is 11.4. The molecule has 1 atom stereocenters. The third-order valence-electron chi connectivity index (χ3n) is 5.74. The number of hydrogen-bond donors (Lipinski definition) is 1. The molecule has 0 aliphatic carbocycles. The maximum absolute atomic E-state index is 13.1. The van der Waals surface area contributed by atoms with Gasteiger partial charge in [0, 0.05) is 29.4 Å². The van der Waals surface area contributed by atoms with E-state index in [4.69, 9.17) is 25.8 Å². The minimum absolute atomic E-state index is 0.148. The van der Waals surface area contributed by atoms with Crippen LogP contribution in [-0.4, -0.2) is 40.3 Å². The van der Waals surface area contributed by atoms with Crippen LogP contribution in [-0.2, 0) is 4.74 Å². The lowest BCUT2D eigenvalue weighted by molar-refractivity contribution is 0.0736. The van der Waals surface area contributed by atoms with Gasteiger partial charge in [-0.3, -0.25) is 4.90 Å². The van der Waals surface area contributed by atoms with Gasteiger partial charge in [0.1, 0.15) is 0 Å². The van der Waals surface area contributed by atoms with Crippen molar-refractivity contribution in [2.24, 2.45) is 0 Å². The van der Waals surface area contributed by atoms with Crippen LogP contribution in [0.25, 0.3) is 17.0 Å². The summed E-state index contributed by atoms with van der Waals surface area (Å²) in [4.78, 5) is 19.5. The largest absolute Gasteiger partial charge is 0.379 e. The number of urea groups is 1. The summed E-state index contributed by atoms with van der Waals surface area (Å²) in [6, 6.07) is 14.7. The van der Waals surface area contributed by atoms with Crippen LogP contribution in [0.4, 0.5) is 4.79 Å². The van der Waals surface area contributed by atoms with Crippen LogP contribution in [0.5, 0.6) is 0 Å². The predicted octanol–water partition coefficient (Wildman–Crippen LogP) is 6.01. The first-order valence-corrected chi connectivity index (χ1v) is 11.8. The molecule has 1 aliphatic rings. The lowest BCUT2D eigenvalue weighted by atomic mass is 9.94. The molecular weight excluding hydrogens is 452 g/mol. The zero-order chi connectivity index (χ0) is 24.2. The average molecular weight is 481 g/mol. The molecule has 0 radical (unpaired) electrons. The van der Waals surface area contributed by atoms with Gasteiger partial charge in [0.25, 0.3) is 5.89 Å². The molecule has 2 heterocycles. The molecule has 4 rings (SSSR count). The van der Waals surface area contributed by atoms with E-state index in [0.717, 1.165) is 28.0 Å². The zero-order valence-corrected chi connectivity index (χ0v) is 20.6. The van der Waals surface area contributed by atoms with E-state index in [9.17, 15) is 4.79 Å². The molecule has 7 nitrogen and oxygen atoms in total.